The van der Waals surface area contributed by atoms with Gasteiger partial charge in [-0.25, -0.2) is 4.79 Å². The number of nitrogens with two attached hydrogens (primary N) is 2. The molecule has 6 N–H and O–H groups in total. The summed E-state index contributed by atoms with van der Waals surface area (Å²) in [5.74, 6) is -1.44. The Morgan fingerprint density at radius 3 is 2.83 bits per heavy atom. The van der Waals surface area contributed by atoms with Crippen molar-refractivity contribution in [3.8, 4) is 0 Å². The standard InChI is InChI=1S/C9H14N4O4S/c1-2-17-9(16)5-6(10)13-18-8(5)12-3-4(14)7(11)15/h4,12,14H,2-3H2,1H3,(H2,10,13)(H2,11,15). The lowest BCUT2D eigenvalue weighted by molar-refractivity contribution is -0.125. The van der Waals surface area contributed by atoms with Gasteiger partial charge in [0.1, 0.15) is 16.7 Å². The number of nitrogen functional groups attached to an aromatic ring is 1. The fourth-order valence-corrected chi connectivity index (χ4v) is 1.82. The van der Waals surface area contributed by atoms with E-state index >= 15 is 0 Å². The van der Waals surface area contributed by atoms with E-state index in [1.165, 1.54) is 0 Å². The zero-order chi connectivity index (χ0) is 13.7. The van der Waals surface area contributed by atoms with Crippen LogP contribution in [0.3, 0.4) is 0 Å². The normalized spacial score (nSPS) is 11.9. The third-order valence-corrected chi connectivity index (χ3v) is 2.80. The first-order valence-corrected chi connectivity index (χ1v) is 5.88. The summed E-state index contributed by atoms with van der Waals surface area (Å²) in [7, 11) is 0. The number of primary amides is 1. The summed E-state index contributed by atoms with van der Waals surface area (Å²) < 4.78 is 8.62. The summed E-state index contributed by atoms with van der Waals surface area (Å²) in [4.78, 5) is 22.2. The van der Waals surface area contributed by atoms with Crippen molar-refractivity contribution in [1.82, 2.24) is 4.37 Å². The second kappa shape index (κ2) is 6.17. The zero-order valence-electron chi connectivity index (χ0n) is 9.67. The number of esters is 1. The lowest BCUT2D eigenvalue weighted by Gasteiger charge is -2.09. The molecule has 1 heterocycles. The first-order chi connectivity index (χ1) is 8.47. The molecule has 0 saturated heterocycles. The van der Waals surface area contributed by atoms with Gasteiger partial charge in [0.2, 0.25) is 5.91 Å². The molecule has 0 fully saturated rings. The van der Waals surface area contributed by atoms with Crippen LogP contribution in [-0.2, 0) is 9.53 Å². The van der Waals surface area contributed by atoms with Gasteiger partial charge in [-0.15, -0.1) is 0 Å². The minimum atomic E-state index is -1.36. The smallest absolute Gasteiger partial charge is 0.344 e. The van der Waals surface area contributed by atoms with Crippen molar-refractivity contribution >= 4 is 34.2 Å². The largest absolute Gasteiger partial charge is 0.462 e. The van der Waals surface area contributed by atoms with Crippen molar-refractivity contribution < 1.29 is 19.4 Å². The van der Waals surface area contributed by atoms with Gasteiger partial charge in [-0.05, 0) is 18.5 Å². The lowest BCUT2D eigenvalue weighted by Crippen LogP contribution is -2.34. The third-order valence-electron chi connectivity index (χ3n) is 1.98. The van der Waals surface area contributed by atoms with E-state index in [0.717, 1.165) is 11.5 Å². The molecule has 0 radical (unpaired) electrons. The average Bonchev–Trinajstić information content (AvgIpc) is 2.67. The van der Waals surface area contributed by atoms with Crippen LogP contribution in [-0.4, -0.2) is 40.6 Å². The Morgan fingerprint density at radius 1 is 1.61 bits per heavy atom. The molecule has 1 aromatic heterocycles. The molecule has 0 aliphatic rings. The van der Waals surface area contributed by atoms with Crippen LogP contribution in [0.5, 0.6) is 0 Å². The maximum absolute atomic E-state index is 11.6. The first kappa shape index (κ1) is 14.2. The molecule has 1 aromatic rings. The summed E-state index contributed by atoms with van der Waals surface area (Å²) >= 11 is 0.934. The number of hydrogen-bond acceptors (Lipinski definition) is 8. The van der Waals surface area contributed by atoms with Gasteiger partial charge >= 0.3 is 5.97 Å². The number of carbonyl (C=O) groups excluding carboxylic acids is 2. The van der Waals surface area contributed by atoms with Gasteiger partial charge in [0, 0.05) is 0 Å². The summed E-state index contributed by atoms with van der Waals surface area (Å²) in [6.45, 7) is 1.73. The molecule has 0 aromatic carbocycles. The summed E-state index contributed by atoms with van der Waals surface area (Å²) in [5, 5.41) is 12.2. The molecule has 100 valence electrons. The van der Waals surface area contributed by atoms with E-state index in [-0.39, 0.29) is 24.5 Å². The predicted octanol–water partition coefficient (Wildman–Crippen LogP) is -0.840. The van der Waals surface area contributed by atoms with Crippen molar-refractivity contribution in [1.29, 1.82) is 0 Å². The van der Waals surface area contributed by atoms with Crippen LogP contribution in [0.2, 0.25) is 0 Å². The number of hydrogen-bond donors (Lipinski definition) is 4. The molecule has 18 heavy (non-hydrogen) atoms. The SMILES string of the molecule is CCOC(=O)c1c(N)nsc1NCC(O)C(N)=O. The zero-order valence-corrected chi connectivity index (χ0v) is 10.5. The van der Waals surface area contributed by atoms with Crippen LogP contribution in [0.25, 0.3) is 0 Å². The highest BCUT2D eigenvalue weighted by molar-refractivity contribution is 7.11. The van der Waals surface area contributed by atoms with Crippen LogP contribution < -0.4 is 16.8 Å². The molecule has 0 aliphatic carbocycles. The molecule has 9 heteroatoms. The van der Waals surface area contributed by atoms with E-state index in [0.29, 0.717) is 5.00 Å². The number of nitrogens with one attached hydrogen (secondary N) is 1. The molecule has 1 unspecified atom stereocenters. The number of rotatable bonds is 6. The minimum Gasteiger partial charge on any atom is -0.462 e. The number of amides is 1. The Morgan fingerprint density at radius 2 is 2.28 bits per heavy atom. The fourth-order valence-electron chi connectivity index (χ4n) is 1.11. The van der Waals surface area contributed by atoms with Gasteiger partial charge in [0.05, 0.1) is 13.2 Å². The minimum absolute atomic E-state index is 0.0366. The Kier molecular flexibility index (Phi) is 4.86. The van der Waals surface area contributed by atoms with Crippen LogP contribution in [0.4, 0.5) is 10.8 Å². The number of anilines is 2. The summed E-state index contributed by atoms with van der Waals surface area (Å²) in [6.07, 6.45) is -1.36. The molecule has 0 bridgehead atoms. The highest BCUT2D eigenvalue weighted by Gasteiger charge is 2.21. The maximum atomic E-state index is 11.6. The Labute approximate surface area is 107 Å². The van der Waals surface area contributed by atoms with Gasteiger partial charge in [-0.3, -0.25) is 4.79 Å². The molecule has 1 rings (SSSR count). The van der Waals surface area contributed by atoms with Gasteiger partial charge in [-0.1, -0.05) is 0 Å². The highest BCUT2D eigenvalue weighted by atomic mass is 32.1. The van der Waals surface area contributed by atoms with Crippen molar-refractivity contribution in [2.24, 2.45) is 5.73 Å². The fraction of sp³-hybridized carbons (Fsp3) is 0.444. The van der Waals surface area contributed by atoms with Gasteiger partial charge in [-0.2, -0.15) is 4.37 Å². The van der Waals surface area contributed by atoms with Crippen molar-refractivity contribution in [2.45, 2.75) is 13.0 Å². The van der Waals surface area contributed by atoms with E-state index in [9.17, 15) is 14.7 Å². The molecule has 0 spiro atoms. The van der Waals surface area contributed by atoms with E-state index in [2.05, 4.69) is 9.69 Å². The molecule has 1 atom stereocenters. The molecule has 8 nitrogen and oxygen atoms in total. The number of aliphatic hydroxyl groups is 1. The predicted molar refractivity (Wildman–Crippen MR) is 66.2 cm³/mol. The van der Waals surface area contributed by atoms with E-state index in [1.807, 2.05) is 0 Å². The Hall–Kier alpha value is -1.87. The van der Waals surface area contributed by atoms with Crippen molar-refractivity contribution in [3.05, 3.63) is 5.56 Å². The van der Waals surface area contributed by atoms with Gasteiger partial charge in [0.15, 0.2) is 5.82 Å². The third kappa shape index (κ3) is 3.31. The van der Waals surface area contributed by atoms with Crippen molar-refractivity contribution in [2.75, 3.05) is 24.2 Å². The highest BCUT2D eigenvalue weighted by Crippen LogP contribution is 2.27. The number of carbonyl (C=O) groups is 2. The molecular weight excluding hydrogens is 260 g/mol. The van der Waals surface area contributed by atoms with Gasteiger partial charge < -0.3 is 26.6 Å². The second-order valence-electron chi connectivity index (χ2n) is 3.29. The number of aromatic nitrogens is 1. The van der Waals surface area contributed by atoms with E-state index in [1.54, 1.807) is 6.92 Å². The van der Waals surface area contributed by atoms with Gasteiger partial charge in [0.25, 0.3) is 0 Å². The van der Waals surface area contributed by atoms with E-state index < -0.39 is 18.0 Å². The molecule has 0 saturated carbocycles. The van der Waals surface area contributed by atoms with Crippen LogP contribution >= 0.6 is 11.5 Å². The van der Waals surface area contributed by atoms with E-state index in [4.69, 9.17) is 16.2 Å². The topological polar surface area (TPSA) is 141 Å². The molecule has 0 aliphatic heterocycles. The van der Waals surface area contributed by atoms with Crippen LogP contribution in [0, 0.1) is 0 Å². The second-order valence-corrected chi connectivity index (χ2v) is 4.06. The Bertz CT molecular complexity index is 448. The van der Waals surface area contributed by atoms with Crippen LogP contribution in [0.1, 0.15) is 17.3 Å². The summed E-state index contributed by atoms with van der Waals surface area (Å²) in [6, 6.07) is 0. The number of nitrogens with zero attached hydrogens (tertiary/aromatic N) is 1. The Balaban J connectivity index is 2.78. The van der Waals surface area contributed by atoms with Crippen molar-refractivity contribution in [3.63, 3.8) is 0 Å². The quantitative estimate of drug-likeness (QED) is 0.495. The molecule has 1 amide bonds. The average molecular weight is 274 g/mol. The number of aliphatic hydroxyl groups excluding tert-OH is 1. The number of ether oxygens (including phenoxy) is 1. The first-order valence-electron chi connectivity index (χ1n) is 5.10. The lowest BCUT2D eigenvalue weighted by atomic mass is 10.3. The monoisotopic (exact) mass is 274 g/mol. The van der Waals surface area contributed by atoms with Crippen LogP contribution in [0.15, 0.2) is 0 Å². The summed E-state index contributed by atoms with van der Waals surface area (Å²) in [5.41, 5.74) is 10.5. The molecular formula is C9H14N4O4S. The maximum Gasteiger partial charge on any atom is 0.344 e.